The van der Waals surface area contributed by atoms with E-state index in [0.29, 0.717) is 12.1 Å². The van der Waals surface area contributed by atoms with Crippen LogP contribution in [0.25, 0.3) is 0 Å². The van der Waals surface area contributed by atoms with Gasteiger partial charge < -0.3 is 4.84 Å². The highest BCUT2D eigenvalue weighted by Gasteiger charge is 2.28. The Balaban J connectivity index is 2.53. The van der Waals surface area contributed by atoms with E-state index in [1.54, 1.807) is 0 Å². The monoisotopic (exact) mass is 177 g/mol. The number of nitrogens with zero attached hydrogens (tertiary/aromatic N) is 1. The molecule has 0 radical (unpaired) electrons. The zero-order valence-electron chi connectivity index (χ0n) is 6.53. The van der Waals surface area contributed by atoms with Crippen molar-refractivity contribution in [2.45, 2.75) is 25.9 Å². The van der Waals surface area contributed by atoms with Crippen molar-refractivity contribution in [1.82, 2.24) is 0 Å². The molecule has 0 aromatic carbocycles. The lowest BCUT2D eigenvalue weighted by atomic mass is 10.0. The van der Waals surface area contributed by atoms with E-state index in [1.165, 1.54) is 0 Å². The van der Waals surface area contributed by atoms with Gasteiger partial charge in [-0.3, -0.25) is 0 Å². The smallest absolute Gasteiger partial charge is 0.145 e. The Morgan fingerprint density at radius 3 is 2.64 bits per heavy atom. The van der Waals surface area contributed by atoms with Crippen LogP contribution in [0.4, 0.5) is 0 Å². The predicted molar refractivity (Wildman–Crippen MR) is 42.4 cm³/mol. The Labute approximate surface area is 67.2 Å². The number of hydrogen-bond acceptors (Lipinski definition) is 4. The number of thiol groups is 1. The molecule has 0 saturated carbocycles. The molecule has 0 bridgehead atoms. The van der Waals surface area contributed by atoms with Gasteiger partial charge in [0, 0.05) is 6.42 Å². The van der Waals surface area contributed by atoms with E-state index >= 15 is 0 Å². The third-order valence-corrected chi connectivity index (χ3v) is 1.99. The normalized spacial score (nSPS) is 21.5. The van der Waals surface area contributed by atoms with Crippen molar-refractivity contribution in [2.24, 2.45) is 5.16 Å². The summed E-state index contributed by atoms with van der Waals surface area (Å²) in [5.41, 5.74) is 0.298. The number of rotatable bonds is 2. The van der Waals surface area contributed by atoms with Crippen LogP contribution in [-0.2, 0) is 15.5 Å². The highest BCUT2D eigenvalue weighted by molar-refractivity contribution is 7.73. The fraction of sp³-hybridized carbons (Fsp3) is 0.833. The molecule has 64 valence electrons. The Kier molecular flexibility index (Phi) is 2.17. The van der Waals surface area contributed by atoms with E-state index in [4.69, 9.17) is 4.84 Å². The van der Waals surface area contributed by atoms with Gasteiger partial charge in [0.05, 0.1) is 11.5 Å². The standard InChI is InChI=1S/C6H11NO3S/c1-6(2)3-5(7-10-6)4-11(8)9/h11H,3-4H2,1-2H3. The van der Waals surface area contributed by atoms with E-state index < -0.39 is 10.7 Å². The van der Waals surface area contributed by atoms with Crippen LogP contribution < -0.4 is 0 Å². The number of hydrogen-bond donors (Lipinski definition) is 1. The van der Waals surface area contributed by atoms with Gasteiger partial charge in [-0.25, -0.2) is 8.42 Å². The van der Waals surface area contributed by atoms with Crippen LogP contribution in [0.3, 0.4) is 0 Å². The van der Waals surface area contributed by atoms with Crippen molar-refractivity contribution in [1.29, 1.82) is 0 Å². The van der Waals surface area contributed by atoms with Crippen molar-refractivity contribution in [3.8, 4) is 0 Å². The SMILES string of the molecule is CC1(C)CC(C[SH](=O)=O)=NO1. The minimum Gasteiger partial charge on any atom is -0.389 e. The van der Waals surface area contributed by atoms with Gasteiger partial charge in [-0.1, -0.05) is 5.16 Å². The molecule has 1 aliphatic rings. The molecule has 1 rings (SSSR count). The molecule has 4 nitrogen and oxygen atoms in total. The molecule has 11 heavy (non-hydrogen) atoms. The molecule has 0 aliphatic carbocycles. The summed E-state index contributed by atoms with van der Waals surface area (Å²) in [6, 6.07) is 0. The van der Waals surface area contributed by atoms with Crippen molar-refractivity contribution in [3.05, 3.63) is 0 Å². The molecule has 0 saturated heterocycles. The largest absolute Gasteiger partial charge is 0.389 e. The molecule has 0 aromatic heterocycles. The third-order valence-electron chi connectivity index (χ3n) is 1.36. The lowest BCUT2D eigenvalue weighted by Crippen LogP contribution is -2.20. The van der Waals surface area contributed by atoms with Crippen molar-refractivity contribution < 1.29 is 13.3 Å². The molecule has 0 spiro atoms. The zero-order chi connectivity index (χ0) is 8.48. The average molecular weight is 177 g/mol. The second kappa shape index (κ2) is 2.81. The summed E-state index contributed by atoms with van der Waals surface area (Å²) in [5.74, 6) is 0.0266. The maximum absolute atomic E-state index is 10.3. The minimum atomic E-state index is -2.36. The Morgan fingerprint density at radius 2 is 2.27 bits per heavy atom. The lowest BCUT2D eigenvalue weighted by molar-refractivity contribution is 0.0123. The summed E-state index contributed by atoms with van der Waals surface area (Å²) in [5, 5.41) is 3.66. The predicted octanol–water partition coefficient (Wildman–Crippen LogP) is 0.153. The van der Waals surface area contributed by atoms with Gasteiger partial charge in [-0.05, 0) is 13.8 Å². The first kappa shape index (κ1) is 8.52. The van der Waals surface area contributed by atoms with E-state index in [2.05, 4.69) is 5.16 Å². The molecule has 0 N–H and O–H groups in total. The molecular weight excluding hydrogens is 166 g/mol. The highest BCUT2D eigenvalue weighted by atomic mass is 32.2. The van der Waals surface area contributed by atoms with Crippen LogP contribution >= 0.6 is 0 Å². The van der Waals surface area contributed by atoms with Crippen LogP contribution in [-0.4, -0.2) is 25.5 Å². The zero-order valence-corrected chi connectivity index (χ0v) is 7.43. The fourth-order valence-corrected chi connectivity index (χ4v) is 1.45. The summed E-state index contributed by atoms with van der Waals surface area (Å²) in [6.07, 6.45) is 0.607. The van der Waals surface area contributed by atoms with Crippen LogP contribution in [0, 0.1) is 0 Å². The molecule has 1 heterocycles. The van der Waals surface area contributed by atoms with Gasteiger partial charge in [-0.2, -0.15) is 0 Å². The molecule has 0 unspecified atom stereocenters. The summed E-state index contributed by atoms with van der Waals surface area (Å²) < 4.78 is 20.5. The van der Waals surface area contributed by atoms with E-state index in [-0.39, 0.29) is 11.4 Å². The van der Waals surface area contributed by atoms with Crippen molar-refractivity contribution in [2.75, 3.05) is 5.75 Å². The van der Waals surface area contributed by atoms with Crippen LogP contribution in [0.1, 0.15) is 20.3 Å². The van der Waals surface area contributed by atoms with E-state index in [1.807, 2.05) is 13.8 Å². The summed E-state index contributed by atoms with van der Waals surface area (Å²) >= 11 is 0. The summed E-state index contributed by atoms with van der Waals surface area (Å²) in [7, 11) is -2.36. The molecule has 0 aromatic rings. The molecule has 5 heteroatoms. The van der Waals surface area contributed by atoms with E-state index in [0.717, 1.165) is 0 Å². The second-order valence-electron chi connectivity index (χ2n) is 3.18. The Hall–Kier alpha value is -0.580. The molecular formula is C6H11NO3S. The Morgan fingerprint density at radius 1 is 1.64 bits per heavy atom. The van der Waals surface area contributed by atoms with Crippen molar-refractivity contribution >= 4 is 16.4 Å². The van der Waals surface area contributed by atoms with Gasteiger partial charge in [-0.15, -0.1) is 0 Å². The quantitative estimate of drug-likeness (QED) is 0.611. The van der Waals surface area contributed by atoms with Crippen LogP contribution in [0.15, 0.2) is 5.16 Å². The lowest BCUT2D eigenvalue weighted by Gasteiger charge is -2.12. The fourth-order valence-electron chi connectivity index (χ4n) is 0.978. The highest BCUT2D eigenvalue weighted by Crippen LogP contribution is 2.21. The summed E-state index contributed by atoms with van der Waals surface area (Å²) in [4.78, 5) is 4.97. The number of oxime groups is 1. The van der Waals surface area contributed by atoms with Crippen molar-refractivity contribution in [3.63, 3.8) is 0 Å². The third kappa shape index (κ3) is 2.49. The summed E-state index contributed by atoms with van der Waals surface area (Å²) in [6.45, 7) is 3.75. The first-order valence-electron chi connectivity index (χ1n) is 3.35. The van der Waals surface area contributed by atoms with Gasteiger partial charge >= 0.3 is 0 Å². The molecule has 0 amide bonds. The first-order chi connectivity index (χ1) is 4.99. The van der Waals surface area contributed by atoms with Gasteiger partial charge in [0.1, 0.15) is 16.3 Å². The molecule has 1 aliphatic heterocycles. The van der Waals surface area contributed by atoms with Gasteiger partial charge in [0.2, 0.25) is 0 Å². The minimum absolute atomic E-state index is 0.0266. The topological polar surface area (TPSA) is 55.7 Å². The van der Waals surface area contributed by atoms with E-state index in [9.17, 15) is 8.42 Å². The maximum atomic E-state index is 10.3. The van der Waals surface area contributed by atoms with Gasteiger partial charge in [0.15, 0.2) is 0 Å². The Bertz CT molecular complexity index is 247. The van der Waals surface area contributed by atoms with Gasteiger partial charge in [0.25, 0.3) is 0 Å². The average Bonchev–Trinajstić information content (AvgIpc) is 2.08. The van der Waals surface area contributed by atoms with Crippen LogP contribution in [0.2, 0.25) is 0 Å². The van der Waals surface area contributed by atoms with Crippen LogP contribution in [0.5, 0.6) is 0 Å². The maximum Gasteiger partial charge on any atom is 0.145 e. The molecule has 0 atom stereocenters. The second-order valence-corrected chi connectivity index (χ2v) is 4.16. The molecule has 0 fully saturated rings. The first-order valence-corrected chi connectivity index (χ1v) is 4.72.